The maximum Gasteiger partial charge on any atom is 0.417 e. The predicted octanol–water partition coefficient (Wildman–Crippen LogP) is 3.61. The van der Waals surface area contributed by atoms with E-state index in [2.05, 4.69) is 10.3 Å². The Balaban J connectivity index is 1.75. The molecule has 3 aromatic rings. The normalized spacial score (nSPS) is 11.4. The van der Waals surface area contributed by atoms with E-state index in [1.165, 1.54) is 12.3 Å². The summed E-state index contributed by atoms with van der Waals surface area (Å²) in [6, 6.07) is 7.04. The van der Waals surface area contributed by atoms with E-state index in [1.807, 2.05) is 4.98 Å². The van der Waals surface area contributed by atoms with Gasteiger partial charge >= 0.3 is 6.18 Å². The Morgan fingerprint density at radius 3 is 2.81 bits per heavy atom. The van der Waals surface area contributed by atoms with Gasteiger partial charge in [0, 0.05) is 17.8 Å². The molecule has 0 atom stereocenters. The molecule has 0 fully saturated rings. The van der Waals surface area contributed by atoms with Crippen molar-refractivity contribution in [1.29, 1.82) is 0 Å². The van der Waals surface area contributed by atoms with Gasteiger partial charge in [0.2, 0.25) is 0 Å². The zero-order valence-electron chi connectivity index (χ0n) is 13.4. The van der Waals surface area contributed by atoms with Crippen molar-refractivity contribution in [3.63, 3.8) is 0 Å². The summed E-state index contributed by atoms with van der Waals surface area (Å²) < 4.78 is 43.5. The molecule has 2 N–H and O–H groups in total. The van der Waals surface area contributed by atoms with Crippen molar-refractivity contribution in [2.75, 3.05) is 11.9 Å². The summed E-state index contributed by atoms with van der Waals surface area (Å²) in [6.07, 6.45) is -2.61. The van der Waals surface area contributed by atoms with Gasteiger partial charge in [0.25, 0.3) is 11.5 Å². The van der Waals surface area contributed by atoms with Crippen molar-refractivity contribution in [3.8, 4) is 5.75 Å². The van der Waals surface area contributed by atoms with Gasteiger partial charge in [-0.2, -0.15) is 13.2 Å². The summed E-state index contributed by atoms with van der Waals surface area (Å²) in [6.45, 7) is -0.539. The third-order valence-corrected chi connectivity index (χ3v) is 3.87. The highest BCUT2D eigenvalue weighted by Gasteiger charge is 2.31. The number of hydrogen-bond acceptors (Lipinski definition) is 4. The first-order valence-electron chi connectivity index (χ1n) is 7.51. The molecular weight excluding hydrogens is 387 g/mol. The van der Waals surface area contributed by atoms with Gasteiger partial charge in [-0.25, -0.2) is 0 Å². The highest BCUT2D eigenvalue weighted by atomic mass is 35.5. The average molecular weight is 398 g/mol. The number of anilines is 1. The zero-order chi connectivity index (χ0) is 19.6. The first-order chi connectivity index (χ1) is 12.8. The fraction of sp³-hybridized carbons (Fsp3) is 0.118. The maximum absolute atomic E-state index is 12.7. The number of halogens is 4. The van der Waals surface area contributed by atoms with Gasteiger partial charge in [0.1, 0.15) is 17.0 Å². The van der Waals surface area contributed by atoms with Gasteiger partial charge in [-0.15, -0.1) is 0 Å². The van der Waals surface area contributed by atoms with Crippen molar-refractivity contribution in [2.45, 2.75) is 6.18 Å². The minimum absolute atomic E-state index is 0.267. The molecular formula is C17H11ClF3N3O3. The van der Waals surface area contributed by atoms with E-state index in [-0.39, 0.29) is 5.75 Å². The lowest BCUT2D eigenvalue weighted by molar-refractivity contribution is -0.137. The Morgan fingerprint density at radius 2 is 2.07 bits per heavy atom. The first kappa shape index (κ1) is 18.7. The average Bonchev–Trinajstić information content (AvgIpc) is 2.62. The number of rotatable bonds is 4. The Morgan fingerprint density at radius 1 is 1.30 bits per heavy atom. The lowest BCUT2D eigenvalue weighted by atomic mass is 10.2. The molecule has 0 spiro atoms. The lowest BCUT2D eigenvalue weighted by Gasteiger charge is -2.11. The van der Waals surface area contributed by atoms with Crippen LogP contribution in [-0.4, -0.2) is 22.5 Å². The number of fused-ring (bicyclic) bond motifs is 1. The molecule has 0 aliphatic heterocycles. The van der Waals surface area contributed by atoms with E-state index in [4.69, 9.17) is 16.3 Å². The van der Waals surface area contributed by atoms with Gasteiger partial charge < -0.3 is 15.0 Å². The minimum Gasteiger partial charge on any atom is -0.481 e. The van der Waals surface area contributed by atoms with Crippen LogP contribution < -0.4 is 15.6 Å². The Labute approximate surface area is 154 Å². The molecule has 0 unspecified atom stereocenters. The smallest absolute Gasteiger partial charge is 0.417 e. The quantitative estimate of drug-likeness (QED) is 0.704. The number of alkyl halides is 3. The van der Waals surface area contributed by atoms with E-state index < -0.39 is 35.5 Å². The second-order valence-electron chi connectivity index (χ2n) is 5.41. The highest BCUT2D eigenvalue weighted by Crippen LogP contribution is 2.30. The van der Waals surface area contributed by atoms with Gasteiger partial charge in [-0.3, -0.25) is 14.6 Å². The molecule has 140 valence electrons. The maximum atomic E-state index is 12.7. The molecule has 0 saturated heterocycles. The second-order valence-corrected chi connectivity index (χ2v) is 5.82. The third kappa shape index (κ3) is 4.20. The predicted molar refractivity (Wildman–Crippen MR) is 92.9 cm³/mol. The third-order valence-electron chi connectivity index (χ3n) is 3.54. The van der Waals surface area contributed by atoms with Crippen molar-refractivity contribution < 1.29 is 22.7 Å². The van der Waals surface area contributed by atoms with Crippen LogP contribution in [0, 0.1) is 0 Å². The molecule has 0 radical (unpaired) electrons. The summed E-state index contributed by atoms with van der Waals surface area (Å²) in [5, 5.41) is 3.16. The summed E-state index contributed by atoms with van der Waals surface area (Å²) >= 11 is 6.06. The van der Waals surface area contributed by atoms with Crippen LogP contribution in [0.5, 0.6) is 5.75 Å². The molecule has 3 rings (SSSR count). The monoisotopic (exact) mass is 397 g/mol. The van der Waals surface area contributed by atoms with E-state index in [0.29, 0.717) is 28.2 Å². The number of aromatic nitrogens is 2. The molecule has 0 bridgehead atoms. The molecule has 1 aromatic carbocycles. The number of nitrogens with zero attached hydrogens (tertiary/aromatic N) is 1. The Kier molecular flexibility index (Phi) is 5.04. The van der Waals surface area contributed by atoms with Gasteiger partial charge in [-0.1, -0.05) is 11.6 Å². The van der Waals surface area contributed by atoms with Crippen LogP contribution in [0.4, 0.5) is 18.9 Å². The Bertz CT molecular complexity index is 1070. The zero-order valence-corrected chi connectivity index (χ0v) is 14.2. The molecule has 27 heavy (non-hydrogen) atoms. The van der Waals surface area contributed by atoms with Crippen LogP contribution in [0.2, 0.25) is 5.02 Å². The number of amides is 1. The highest BCUT2D eigenvalue weighted by molar-refractivity contribution is 6.35. The molecule has 0 saturated carbocycles. The summed E-state index contributed by atoms with van der Waals surface area (Å²) in [4.78, 5) is 29.7. The molecule has 10 heteroatoms. The number of carbonyl (C=O) groups is 1. The SMILES string of the molecule is O=C(COc1ccc(Cl)c2cccnc12)Nc1cc(C(F)(F)F)c[nH]c1=O. The summed E-state index contributed by atoms with van der Waals surface area (Å²) in [5.41, 5.74) is -2.06. The fourth-order valence-corrected chi connectivity index (χ4v) is 2.51. The van der Waals surface area contributed by atoms with Crippen molar-refractivity contribution >= 4 is 34.1 Å². The molecule has 2 aromatic heterocycles. The Hall–Kier alpha value is -3.07. The van der Waals surface area contributed by atoms with E-state index in [9.17, 15) is 22.8 Å². The van der Waals surface area contributed by atoms with Crippen molar-refractivity contribution in [2.24, 2.45) is 0 Å². The number of pyridine rings is 2. The topological polar surface area (TPSA) is 84.1 Å². The molecule has 2 heterocycles. The van der Waals surface area contributed by atoms with Crippen LogP contribution in [0.1, 0.15) is 5.56 Å². The van der Waals surface area contributed by atoms with Gasteiger partial charge in [0.15, 0.2) is 6.61 Å². The summed E-state index contributed by atoms with van der Waals surface area (Å²) in [7, 11) is 0. The molecule has 0 aliphatic rings. The number of hydrogen-bond donors (Lipinski definition) is 2. The van der Waals surface area contributed by atoms with Crippen LogP contribution in [0.25, 0.3) is 10.9 Å². The molecule has 6 nitrogen and oxygen atoms in total. The minimum atomic E-state index is -4.66. The van der Waals surface area contributed by atoms with Crippen LogP contribution in [-0.2, 0) is 11.0 Å². The summed E-state index contributed by atoms with van der Waals surface area (Å²) in [5.74, 6) is -0.540. The fourth-order valence-electron chi connectivity index (χ4n) is 2.30. The number of H-pyrrole nitrogens is 1. The molecule has 1 amide bonds. The standard InChI is InChI=1S/C17H11ClF3N3O3/c18-11-3-4-13(15-10(11)2-1-5-22-15)27-8-14(25)24-12-6-9(17(19,20)21)7-23-16(12)26/h1-7H,8H2,(H,23,26)(H,24,25). The second kappa shape index (κ2) is 7.28. The van der Waals surface area contributed by atoms with Gasteiger partial charge in [-0.05, 0) is 30.3 Å². The number of nitrogens with one attached hydrogen (secondary N) is 2. The largest absolute Gasteiger partial charge is 0.481 e. The van der Waals surface area contributed by atoms with Crippen LogP contribution >= 0.6 is 11.6 Å². The number of ether oxygens (including phenoxy) is 1. The van der Waals surface area contributed by atoms with Crippen LogP contribution in [0.15, 0.2) is 47.5 Å². The van der Waals surface area contributed by atoms with E-state index in [0.717, 1.165) is 0 Å². The van der Waals surface area contributed by atoms with Crippen molar-refractivity contribution in [1.82, 2.24) is 9.97 Å². The molecule has 0 aliphatic carbocycles. The lowest BCUT2D eigenvalue weighted by Crippen LogP contribution is -2.25. The van der Waals surface area contributed by atoms with E-state index in [1.54, 1.807) is 18.2 Å². The van der Waals surface area contributed by atoms with E-state index >= 15 is 0 Å². The van der Waals surface area contributed by atoms with Crippen molar-refractivity contribution in [3.05, 3.63) is 63.7 Å². The van der Waals surface area contributed by atoms with Crippen LogP contribution in [0.3, 0.4) is 0 Å². The number of benzene rings is 1. The number of aromatic amines is 1. The number of carbonyl (C=O) groups excluding carboxylic acids is 1. The van der Waals surface area contributed by atoms with Gasteiger partial charge in [0.05, 0.1) is 10.6 Å². The first-order valence-corrected chi connectivity index (χ1v) is 7.89.